The van der Waals surface area contributed by atoms with E-state index < -0.39 is 17.3 Å². The Hall–Kier alpha value is -4.72. The van der Waals surface area contributed by atoms with Gasteiger partial charge in [0.05, 0.1) is 24.0 Å². The second-order valence-corrected chi connectivity index (χ2v) is 9.33. The number of amides is 1. The van der Waals surface area contributed by atoms with Crippen LogP contribution in [0.15, 0.2) is 83.8 Å². The molecule has 2 heterocycles. The number of carbonyl (C=O) groups is 1. The second-order valence-electron chi connectivity index (χ2n) is 9.33. The molecular formula is C31H29FN4O3. The quantitative estimate of drug-likeness (QED) is 0.274. The number of ether oxygens (including phenoxy) is 1. The van der Waals surface area contributed by atoms with Crippen molar-refractivity contribution >= 4 is 22.5 Å². The van der Waals surface area contributed by atoms with Gasteiger partial charge < -0.3 is 10.1 Å². The fourth-order valence-corrected chi connectivity index (χ4v) is 4.85. The number of rotatable bonds is 8. The molecule has 8 heteroatoms. The summed E-state index contributed by atoms with van der Waals surface area (Å²) in [5.41, 5.74) is 3.30. The highest BCUT2D eigenvalue weighted by molar-refractivity contribution is 6.05. The van der Waals surface area contributed by atoms with Crippen molar-refractivity contribution in [3.8, 4) is 11.4 Å². The van der Waals surface area contributed by atoms with Crippen molar-refractivity contribution in [3.05, 3.63) is 118 Å². The first kappa shape index (κ1) is 25.9. The van der Waals surface area contributed by atoms with E-state index in [4.69, 9.17) is 4.74 Å². The van der Waals surface area contributed by atoms with Gasteiger partial charge in [-0.3, -0.25) is 19.3 Å². The smallest absolute Gasteiger partial charge is 0.284 e. The van der Waals surface area contributed by atoms with Crippen LogP contribution in [-0.4, -0.2) is 27.4 Å². The summed E-state index contributed by atoms with van der Waals surface area (Å²) >= 11 is 0. The zero-order chi connectivity index (χ0) is 27.5. The zero-order valence-electron chi connectivity index (χ0n) is 22.1. The molecule has 3 aromatic carbocycles. The lowest BCUT2D eigenvalue weighted by Gasteiger charge is -2.12. The highest BCUT2D eigenvalue weighted by atomic mass is 19.1. The summed E-state index contributed by atoms with van der Waals surface area (Å²) in [6, 6.07) is 21.3. The van der Waals surface area contributed by atoms with Crippen molar-refractivity contribution in [2.75, 3.05) is 12.4 Å². The molecule has 1 N–H and O–H groups in total. The lowest BCUT2D eigenvalue weighted by molar-refractivity contribution is 0.102. The predicted octanol–water partition coefficient (Wildman–Crippen LogP) is 5.90. The first-order valence-corrected chi connectivity index (χ1v) is 12.8. The van der Waals surface area contributed by atoms with Crippen LogP contribution in [0.3, 0.4) is 0 Å². The van der Waals surface area contributed by atoms with Gasteiger partial charge in [0.15, 0.2) is 0 Å². The Kier molecular flexibility index (Phi) is 7.27. The number of nitrogens with zero attached hydrogens (tertiary/aromatic N) is 3. The number of hydrogen-bond donors (Lipinski definition) is 1. The number of carbonyl (C=O) groups excluding carboxylic acids is 1. The summed E-state index contributed by atoms with van der Waals surface area (Å²) in [5.74, 6) is -0.319. The highest BCUT2D eigenvalue weighted by Crippen LogP contribution is 2.26. The van der Waals surface area contributed by atoms with Gasteiger partial charge in [0.1, 0.15) is 17.1 Å². The topological polar surface area (TPSA) is 78.2 Å². The van der Waals surface area contributed by atoms with Gasteiger partial charge in [-0.2, -0.15) is 0 Å². The Labute approximate surface area is 225 Å². The third-order valence-corrected chi connectivity index (χ3v) is 6.79. The number of benzene rings is 3. The molecule has 1 amide bonds. The first-order valence-electron chi connectivity index (χ1n) is 12.8. The summed E-state index contributed by atoms with van der Waals surface area (Å²) < 4.78 is 23.8. The van der Waals surface area contributed by atoms with Crippen LogP contribution in [0.2, 0.25) is 0 Å². The molecule has 5 aromatic rings. The van der Waals surface area contributed by atoms with Crippen LogP contribution in [0.25, 0.3) is 16.6 Å². The number of pyridine rings is 1. The number of anilines is 1. The van der Waals surface area contributed by atoms with Gasteiger partial charge in [-0.25, -0.2) is 9.07 Å². The van der Waals surface area contributed by atoms with Crippen molar-refractivity contribution in [1.29, 1.82) is 0 Å². The van der Waals surface area contributed by atoms with Gasteiger partial charge >= 0.3 is 0 Å². The van der Waals surface area contributed by atoms with Crippen LogP contribution >= 0.6 is 0 Å². The van der Waals surface area contributed by atoms with Gasteiger partial charge in [-0.15, -0.1) is 0 Å². The summed E-state index contributed by atoms with van der Waals surface area (Å²) in [6.07, 6.45) is 2.83. The minimum absolute atomic E-state index is 0.0375. The number of fused-ring (bicyclic) bond motifs is 1. The molecule has 2 aromatic heterocycles. The molecule has 0 fully saturated rings. The molecule has 0 bridgehead atoms. The highest BCUT2D eigenvalue weighted by Gasteiger charge is 2.24. The van der Waals surface area contributed by atoms with Crippen molar-refractivity contribution < 1.29 is 13.9 Å². The van der Waals surface area contributed by atoms with Gasteiger partial charge in [-0.1, -0.05) is 31.2 Å². The maximum atomic E-state index is 15.2. The molecule has 7 nitrogen and oxygen atoms in total. The molecule has 39 heavy (non-hydrogen) atoms. The van der Waals surface area contributed by atoms with E-state index in [2.05, 4.69) is 10.3 Å². The Morgan fingerprint density at radius 1 is 1.03 bits per heavy atom. The lowest BCUT2D eigenvalue weighted by atomic mass is 10.0. The van der Waals surface area contributed by atoms with Crippen LogP contribution in [0.5, 0.6) is 5.75 Å². The monoisotopic (exact) mass is 524 g/mol. The molecule has 5 rings (SSSR count). The van der Waals surface area contributed by atoms with Gasteiger partial charge in [-0.05, 0) is 66.9 Å². The molecule has 0 aliphatic heterocycles. The van der Waals surface area contributed by atoms with E-state index in [0.29, 0.717) is 35.7 Å². The molecule has 0 spiro atoms. The Balaban J connectivity index is 1.41. The second kappa shape index (κ2) is 10.9. The van der Waals surface area contributed by atoms with Crippen LogP contribution in [0.1, 0.15) is 40.5 Å². The standard InChI is InChI=1S/C31H29FN4O3/c1-4-16-35-20(2)29(31(38)36(35)24-8-6-5-7-9-24)30(37)34-23-11-10-22(27(32)18-23)17-21-14-15-33-28-19-25(39-3)12-13-26(21)28/h5-15,18-19H,4,16-17H2,1-3H3,(H,34,37). The number of methoxy groups -OCH3 is 1. The van der Waals surface area contributed by atoms with E-state index in [9.17, 15) is 9.59 Å². The predicted molar refractivity (Wildman–Crippen MR) is 151 cm³/mol. The molecule has 0 atom stereocenters. The molecule has 0 saturated heterocycles. The van der Waals surface area contributed by atoms with Crippen LogP contribution in [0.4, 0.5) is 10.1 Å². The first-order chi connectivity index (χ1) is 18.9. The van der Waals surface area contributed by atoms with Crippen LogP contribution in [0, 0.1) is 12.7 Å². The maximum Gasteiger partial charge on any atom is 0.284 e. The molecular weight excluding hydrogens is 495 g/mol. The molecule has 0 unspecified atom stereocenters. The zero-order valence-corrected chi connectivity index (χ0v) is 22.1. The van der Waals surface area contributed by atoms with Gasteiger partial charge in [0.25, 0.3) is 11.5 Å². The van der Waals surface area contributed by atoms with Gasteiger partial charge in [0, 0.05) is 36.3 Å². The number of hydrogen-bond acceptors (Lipinski definition) is 4. The lowest BCUT2D eigenvalue weighted by Crippen LogP contribution is -2.26. The van der Waals surface area contributed by atoms with E-state index in [-0.39, 0.29) is 11.3 Å². The Morgan fingerprint density at radius 2 is 1.82 bits per heavy atom. The SMILES string of the molecule is CCCn1c(C)c(C(=O)Nc2ccc(Cc3ccnc4cc(OC)ccc34)c(F)c2)c(=O)n1-c1ccccc1. The molecule has 0 radical (unpaired) electrons. The molecule has 198 valence electrons. The average molecular weight is 525 g/mol. The Morgan fingerprint density at radius 3 is 2.54 bits per heavy atom. The summed E-state index contributed by atoms with van der Waals surface area (Å²) in [7, 11) is 1.60. The van der Waals surface area contributed by atoms with Crippen molar-refractivity contribution in [2.45, 2.75) is 33.2 Å². The Bertz CT molecular complexity index is 1720. The number of halogens is 1. The average Bonchev–Trinajstić information content (AvgIpc) is 3.19. The number of aromatic nitrogens is 3. The van der Waals surface area contributed by atoms with E-state index in [0.717, 1.165) is 22.9 Å². The maximum absolute atomic E-state index is 15.2. The number of nitrogens with one attached hydrogen (secondary N) is 1. The third-order valence-electron chi connectivity index (χ3n) is 6.79. The van der Waals surface area contributed by atoms with Crippen molar-refractivity contribution in [1.82, 2.24) is 14.3 Å². The summed E-state index contributed by atoms with van der Waals surface area (Å²) in [4.78, 5) is 31.0. The molecule has 0 aliphatic carbocycles. The van der Waals surface area contributed by atoms with E-state index in [1.165, 1.54) is 10.7 Å². The molecule has 0 saturated carbocycles. The summed E-state index contributed by atoms with van der Waals surface area (Å²) in [6.45, 7) is 4.34. The largest absolute Gasteiger partial charge is 0.497 e. The molecule has 0 aliphatic rings. The minimum Gasteiger partial charge on any atom is -0.497 e. The summed E-state index contributed by atoms with van der Waals surface area (Å²) in [5, 5.41) is 3.63. The van der Waals surface area contributed by atoms with Gasteiger partial charge in [0.2, 0.25) is 0 Å². The fraction of sp³-hybridized carbons (Fsp3) is 0.194. The van der Waals surface area contributed by atoms with E-state index in [1.807, 2.05) is 66.2 Å². The fourth-order valence-electron chi connectivity index (χ4n) is 4.85. The van der Waals surface area contributed by atoms with E-state index >= 15 is 4.39 Å². The van der Waals surface area contributed by atoms with Crippen molar-refractivity contribution in [2.24, 2.45) is 0 Å². The minimum atomic E-state index is -0.571. The normalized spacial score (nSPS) is 11.1. The van der Waals surface area contributed by atoms with Crippen LogP contribution in [-0.2, 0) is 13.0 Å². The van der Waals surface area contributed by atoms with Crippen LogP contribution < -0.4 is 15.6 Å². The van der Waals surface area contributed by atoms with E-state index in [1.54, 1.807) is 32.4 Å². The number of para-hydroxylation sites is 1. The third kappa shape index (κ3) is 5.05. The van der Waals surface area contributed by atoms with Crippen molar-refractivity contribution in [3.63, 3.8) is 0 Å².